The summed E-state index contributed by atoms with van der Waals surface area (Å²) < 4.78 is 10.0. The van der Waals surface area contributed by atoms with E-state index in [1.54, 1.807) is 13.8 Å². The molecule has 0 heterocycles. The van der Waals surface area contributed by atoms with Gasteiger partial charge in [-0.25, -0.2) is 4.79 Å². The first-order valence-corrected chi connectivity index (χ1v) is 9.65. The van der Waals surface area contributed by atoms with Crippen molar-refractivity contribution >= 4 is 12.1 Å². The fourth-order valence-electron chi connectivity index (χ4n) is 2.28. The molecule has 0 aromatic heterocycles. The van der Waals surface area contributed by atoms with Gasteiger partial charge in [-0.05, 0) is 6.42 Å². The van der Waals surface area contributed by atoms with Gasteiger partial charge < -0.3 is 14.8 Å². The Morgan fingerprint density at radius 3 is 1.88 bits per heavy atom. The van der Waals surface area contributed by atoms with Gasteiger partial charge in [-0.15, -0.1) is 0 Å². The predicted molar refractivity (Wildman–Crippen MR) is 97.0 cm³/mol. The zero-order valence-electron chi connectivity index (χ0n) is 15.9. The zero-order valence-corrected chi connectivity index (χ0v) is 15.9. The summed E-state index contributed by atoms with van der Waals surface area (Å²) in [5.41, 5.74) is 0. The first-order chi connectivity index (χ1) is 11.6. The van der Waals surface area contributed by atoms with Crippen LogP contribution in [0.5, 0.6) is 0 Å². The molecular weight excluding hydrogens is 306 g/mol. The fourth-order valence-corrected chi connectivity index (χ4v) is 2.28. The van der Waals surface area contributed by atoms with Crippen LogP contribution in [0.3, 0.4) is 0 Å². The van der Waals surface area contributed by atoms with Crippen LogP contribution in [0.25, 0.3) is 0 Å². The molecule has 0 aromatic carbocycles. The highest BCUT2D eigenvalue weighted by Gasteiger charge is 2.08. The molecule has 0 atom stereocenters. The maximum Gasteiger partial charge on any atom is 0.407 e. The minimum Gasteiger partial charge on any atom is -0.464 e. The highest BCUT2D eigenvalue weighted by Crippen LogP contribution is 2.10. The first-order valence-electron chi connectivity index (χ1n) is 9.65. The lowest BCUT2D eigenvalue weighted by Gasteiger charge is -2.09. The molecule has 5 nitrogen and oxygen atoms in total. The highest BCUT2D eigenvalue weighted by molar-refractivity contribution is 5.71. The Hall–Kier alpha value is -1.26. The topological polar surface area (TPSA) is 64.6 Å². The highest BCUT2D eigenvalue weighted by atomic mass is 16.6. The van der Waals surface area contributed by atoms with E-state index in [1.807, 2.05) is 0 Å². The number of amides is 1. The van der Waals surface area contributed by atoms with Crippen molar-refractivity contribution in [3.63, 3.8) is 0 Å². The Labute approximate surface area is 147 Å². The monoisotopic (exact) mass is 343 g/mol. The van der Waals surface area contributed by atoms with Crippen molar-refractivity contribution < 1.29 is 19.1 Å². The second-order valence-corrected chi connectivity index (χ2v) is 6.57. The van der Waals surface area contributed by atoms with Gasteiger partial charge in [0.2, 0.25) is 0 Å². The smallest absolute Gasteiger partial charge is 0.407 e. The number of unbranched alkanes of at least 4 members (excludes halogenated alkanes) is 9. The number of rotatable bonds is 15. The number of hydrogen-bond donors (Lipinski definition) is 1. The van der Waals surface area contributed by atoms with Gasteiger partial charge in [0.15, 0.2) is 0 Å². The normalized spacial score (nSPS) is 10.7. The fraction of sp³-hybridized carbons (Fsp3) is 0.895. The quantitative estimate of drug-likeness (QED) is 0.341. The maximum atomic E-state index is 11.4. The van der Waals surface area contributed by atoms with Gasteiger partial charge in [-0.2, -0.15) is 0 Å². The summed E-state index contributed by atoms with van der Waals surface area (Å²) in [7, 11) is 0. The number of alkyl carbamates (subject to hydrolysis) is 1. The van der Waals surface area contributed by atoms with E-state index in [2.05, 4.69) is 12.2 Å². The minimum atomic E-state index is -0.438. The summed E-state index contributed by atoms with van der Waals surface area (Å²) in [4.78, 5) is 22.6. The number of ether oxygens (including phenoxy) is 2. The Balaban J connectivity index is 3.25. The van der Waals surface area contributed by atoms with Crippen molar-refractivity contribution in [1.82, 2.24) is 5.32 Å². The molecule has 142 valence electrons. The molecule has 0 aromatic rings. The largest absolute Gasteiger partial charge is 0.464 e. The van der Waals surface area contributed by atoms with Crippen molar-refractivity contribution in [2.45, 2.75) is 85.0 Å². The average Bonchev–Trinajstić information content (AvgIpc) is 2.56. The molecule has 0 spiro atoms. The van der Waals surface area contributed by atoms with Crippen molar-refractivity contribution in [3.8, 4) is 0 Å². The van der Waals surface area contributed by atoms with Crippen LogP contribution in [0.4, 0.5) is 4.79 Å². The van der Waals surface area contributed by atoms with E-state index < -0.39 is 6.09 Å². The lowest BCUT2D eigenvalue weighted by atomic mass is 10.1. The summed E-state index contributed by atoms with van der Waals surface area (Å²) in [5, 5.41) is 2.57. The van der Waals surface area contributed by atoms with Crippen LogP contribution in [0.1, 0.15) is 85.0 Å². The van der Waals surface area contributed by atoms with Crippen LogP contribution >= 0.6 is 0 Å². The molecule has 0 unspecified atom stereocenters. The van der Waals surface area contributed by atoms with Crippen LogP contribution in [0.15, 0.2) is 0 Å². The van der Waals surface area contributed by atoms with Crippen LogP contribution in [-0.4, -0.2) is 31.8 Å². The number of carbonyl (C=O) groups excluding carboxylic acids is 2. The van der Waals surface area contributed by atoms with Crippen molar-refractivity contribution in [2.75, 3.05) is 19.8 Å². The predicted octanol–water partition coefficient (Wildman–Crippen LogP) is 4.83. The molecule has 0 aliphatic heterocycles. The lowest BCUT2D eigenvalue weighted by molar-refractivity contribution is -0.147. The van der Waals surface area contributed by atoms with Gasteiger partial charge >= 0.3 is 12.1 Å². The van der Waals surface area contributed by atoms with E-state index in [0.717, 1.165) is 12.8 Å². The summed E-state index contributed by atoms with van der Waals surface area (Å²) in [6, 6.07) is 0. The van der Waals surface area contributed by atoms with E-state index in [9.17, 15) is 9.59 Å². The van der Waals surface area contributed by atoms with Gasteiger partial charge in [0.05, 0.1) is 19.1 Å². The van der Waals surface area contributed by atoms with Gasteiger partial charge in [-0.3, -0.25) is 4.79 Å². The SMILES string of the molecule is CCCCCCCCCCCCOC(=O)NCCOC(=O)C(C)C. The molecule has 0 aliphatic rings. The van der Waals surface area contributed by atoms with Gasteiger partial charge in [-0.1, -0.05) is 78.6 Å². The maximum absolute atomic E-state index is 11.4. The van der Waals surface area contributed by atoms with Crippen LogP contribution in [-0.2, 0) is 14.3 Å². The molecule has 0 bridgehead atoms. The Morgan fingerprint density at radius 1 is 0.792 bits per heavy atom. The number of nitrogens with one attached hydrogen (secondary N) is 1. The first kappa shape index (κ1) is 22.7. The molecule has 1 amide bonds. The molecule has 1 N–H and O–H groups in total. The molecule has 0 saturated heterocycles. The van der Waals surface area contributed by atoms with E-state index in [0.29, 0.717) is 6.61 Å². The number of esters is 1. The summed E-state index contributed by atoms with van der Waals surface area (Å²) in [6.07, 6.45) is 12.1. The van der Waals surface area contributed by atoms with Gasteiger partial charge in [0.1, 0.15) is 6.61 Å². The van der Waals surface area contributed by atoms with Crippen molar-refractivity contribution in [2.24, 2.45) is 5.92 Å². The molecule has 0 saturated carbocycles. The standard InChI is InChI=1S/C19H37NO4/c1-4-5-6-7-8-9-10-11-12-13-15-24-19(22)20-14-16-23-18(21)17(2)3/h17H,4-16H2,1-3H3,(H,20,22). The van der Waals surface area contributed by atoms with E-state index in [4.69, 9.17) is 9.47 Å². The lowest BCUT2D eigenvalue weighted by Crippen LogP contribution is -2.29. The van der Waals surface area contributed by atoms with Crippen molar-refractivity contribution in [3.05, 3.63) is 0 Å². The number of hydrogen-bond acceptors (Lipinski definition) is 4. The summed E-state index contributed by atoms with van der Waals surface area (Å²) in [6.45, 7) is 6.71. The minimum absolute atomic E-state index is 0.145. The third-order valence-corrected chi connectivity index (χ3v) is 3.82. The van der Waals surface area contributed by atoms with Gasteiger partial charge in [0.25, 0.3) is 0 Å². The van der Waals surface area contributed by atoms with Gasteiger partial charge in [0, 0.05) is 0 Å². The van der Waals surface area contributed by atoms with Crippen LogP contribution in [0.2, 0.25) is 0 Å². The third kappa shape index (κ3) is 15.6. The second kappa shape index (κ2) is 16.6. The molecule has 24 heavy (non-hydrogen) atoms. The zero-order chi connectivity index (χ0) is 18.0. The van der Waals surface area contributed by atoms with E-state index in [-0.39, 0.29) is 25.0 Å². The third-order valence-electron chi connectivity index (χ3n) is 3.82. The van der Waals surface area contributed by atoms with E-state index in [1.165, 1.54) is 51.4 Å². The molecule has 0 rings (SSSR count). The molecule has 5 heteroatoms. The van der Waals surface area contributed by atoms with E-state index >= 15 is 0 Å². The van der Waals surface area contributed by atoms with Crippen LogP contribution in [0, 0.1) is 5.92 Å². The number of carbonyl (C=O) groups is 2. The average molecular weight is 344 g/mol. The molecule has 0 aliphatic carbocycles. The molecular formula is C19H37NO4. The van der Waals surface area contributed by atoms with Crippen LogP contribution < -0.4 is 5.32 Å². The summed E-state index contributed by atoms with van der Waals surface area (Å²) >= 11 is 0. The Bertz CT molecular complexity index is 318. The second-order valence-electron chi connectivity index (χ2n) is 6.57. The molecule has 0 fully saturated rings. The van der Waals surface area contributed by atoms with Crippen molar-refractivity contribution in [1.29, 1.82) is 0 Å². The Morgan fingerprint density at radius 2 is 1.33 bits per heavy atom. The Kier molecular flexibility index (Phi) is 15.7. The molecule has 0 radical (unpaired) electrons. The summed E-state index contributed by atoms with van der Waals surface area (Å²) in [5.74, 6) is -0.399.